The first-order chi connectivity index (χ1) is 18.8. The number of fused-ring (bicyclic) bond motifs is 2. The number of hydrogen-bond donors (Lipinski definition) is 1. The average Bonchev–Trinajstić information content (AvgIpc) is 3.02. The molecule has 198 valence electrons. The summed E-state index contributed by atoms with van der Waals surface area (Å²) in [5.41, 5.74) is 3.86. The second-order valence-corrected chi connectivity index (χ2v) is 9.18. The SMILES string of the molecule is CCN1c2ncc(CCOc3ccc(-c4ccc(C(=O)O)c[n+]4[O-])cc3C)cc2C(=O)N(C)c2cccnc21. The van der Waals surface area contributed by atoms with Crippen molar-refractivity contribution in [3.05, 3.63) is 94.6 Å². The molecule has 39 heavy (non-hydrogen) atoms. The normalized spacial score (nSPS) is 12.5. The summed E-state index contributed by atoms with van der Waals surface area (Å²) >= 11 is 0. The van der Waals surface area contributed by atoms with Gasteiger partial charge in [0.05, 0.1) is 17.9 Å². The lowest BCUT2D eigenvalue weighted by Crippen LogP contribution is -2.30. The minimum absolute atomic E-state index is 0.0744. The van der Waals surface area contributed by atoms with Crippen molar-refractivity contribution in [2.24, 2.45) is 0 Å². The van der Waals surface area contributed by atoms with Crippen LogP contribution in [0, 0.1) is 12.1 Å². The van der Waals surface area contributed by atoms with Crippen LogP contribution in [0.1, 0.15) is 38.8 Å². The third kappa shape index (κ3) is 4.84. The van der Waals surface area contributed by atoms with Crippen molar-refractivity contribution < 1.29 is 24.2 Å². The second-order valence-electron chi connectivity index (χ2n) is 9.18. The van der Waals surface area contributed by atoms with Crippen LogP contribution in [0.3, 0.4) is 0 Å². The summed E-state index contributed by atoms with van der Waals surface area (Å²) in [5, 5.41) is 21.4. The van der Waals surface area contributed by atoms with Gasteiger partial charge in [-0.15, -0.1) is 0 Å². The minimum atomic E-state index is -1.16. The highest BCUT2D eigenvalue weighted by atomic mass is 16.5. The molecule has 0 saturated carbocycles. The fraction of sp³-hybridized carbons (Fsp3) is 0.207. The molecule has 0 atom stereocenters. The molecule has 5 rings (SSSR count). The number of rotatable bonds is 7. The highest BCUT2D eigenvalue weighted by Gasteiger charge is 2.30. The van der Waals surface area contributed by atoms with Gasteiger partial charge in [0, 0.05) is 44.0 Å². The van der Waals surface area contributed by atoms with Crippen LogP contribution in [-0.2, 0) is 6.42 Å². The van der Waals surface area contributed by atoms with Crippen molar-refractivity contribution >= 4 is 29.2 Å². The Morgan fingerprint density at radius 1 is 1.13 bits per heavy atom. The number of carbonyl (C=O) groups is 2. The molecule has 0 unspecified atom stereocenters. The van der Waals surface area contributed by atoms with Gasteiger partial charge in [0.15, 0.2) is 12.0 Å². The molecule has 4 aromatic rings. The van der Waals surface area contributed by atoms with Crippen LogP contribution >= 0.6 is 0 Å². The zero-order chi connectivity index (χ0) is 27.7. The Balaban J connectivity index is 1.31. The fourth-order valence-corrected chi connectivity index (χ4v) is 4.64. The Bertz CT molecular complexity index is 1590. The molecule has 0 radical (unpaired) electrons. The van der Waals surface area contributed by atoms with Crippen molar-refractivity contribution in [3.8, 4) is 17.0 Å². The molecule has 0 fully saturated rings. The number of amides is 1. The maximum Gasteiger partial charge on any atom is 0.341 e. The topological polar surface area (TPSA) is 123 Å². The van der Waals surface area contributed by atoms with Crippen LogP contribution in [0.15, 0.2) is 67.1 Å². The number of aryl methyl sites for hydroxylation is 1. The molecule has 1 amide bonds. The van der Waals surface area contributed by atoms with Gasteiger partial charge in [0.2, 0.25) is 5.69 Å². The maximum atomic E-state index is 13.3. The molecule has 1 aliphatic rings. The van der Waals surface area contributed by atoms with Gasteiger partial charge in [-0.05, 0) is 67.4 Å². The van der Waals surface area contributed by atoms with Gasteiger partial charge >= 0.3 is 5.97 Å². The second kappa shape index (κ2) is 10.4. The Morgan fingerprint density at radius 2 is 1.95 bits per heavy atom. The van der Waals surface area contributed by atoms with E-state index < -0.39 is 5.97 Å². The molecule has 3 aromatic heterocycles. The number of pyridine rings is 3. The Hall–Kier alpha value is -4.99. The van der Waals surface area contributed by atoms with E-state index in [1.54, 1.807) is 36.5 Å². The minimum Gasteiger partial charge on any atom is -0.618 e. The molecule has 0 bridgehead atoms. The van der Waals surface area contributed by atoms with Gasteiger partial charge in [-0.2, -0.15) is 4.73 Å². The number of hydrogen-bond acceptors (Lipinski definition) is 7. The third-order valence-corrected chi connectivity index (χ3v) is 6.69. The molecule has 0 aliphatic carbocycles. The Labute approximate surface area is 225 Å². The Morgan fingerprint density at radius 3 is 2.67 bits per heavy atom. The monoisotopic (exact) mass is 525 g/mol. The van der Waals surface area contributed by atoms with E-state index in [0.717, 1.165) is 23.0 Å². The zero-order valence-electron chi connectivity index (χ0n) is 21.8. The predicted octanol–water partition coefficient (Wildman–Crippen LogP) is 4.15. The number of aromatic carboxylic acids is 1. The number of carboxylic acid groups (broad SMARTS) is 1. The zero-order valence-corrected chi connectivity index (χ0v) is 21.8. The average molecular weight is 526 g/mol. The molecular weight excluding hydrogens is 498 g/mol. The summed E-state index contributed by atoms with van der Waals surface area (Å²) in [6.45, 7) is 4.84. The van der Waals surface area contributed by atoms with E-state index in [1.165, 1.54) is 12.1 Å². The number of aromatic nitrogens is 3. The fourth-order valence-electron chi connectivity index (χ4n) is 4.64. The van der Waals surface area contributed by atoms with Crippen molar-refractivity contribution in [2.45, 2.75) is 20.3 Å². The van der Waals surface area contributed by atoms with Crippen molar-refractivity contribution in [2.75, 3.05) is 30.0 Å². The van der Waals surface area contributed by atoms with E-state index in [0.29, 0.717) is 58.5 Å². The summed E-state index contributed by atoms with van der Waals surface area (Å²) in [4.78, 5) is 37.1. The third-order valence-electron chi connectivity index (χ3n) is 6.69. The largest absolute Gasteiger partial charge is 0.618 e. The quantitative estimate of drug-likeness (QED) is 0.282. The summed E-state index contributed by atoms with van der Waals surface area (Å²) in [6.07, 6.45) is 5.05. The molecule has 0 spiro atoms. The molecule has 1 aromatic carbocycles. The first kappa shape index (κ1) is 25.7. The van der Waals surface area contributed by atoms with E-state index >= 15 is 0 Å². The van der Waals surface area contributed by atoms with E-state index in [4.69, 9.17) is 9.84 Å². The number of carboxylic acids is 1. The van der Waals surface area contributed by atoms with E-state index in [2.05, 4.69) is 9.97 Å². The molecule has 4 heterocycles. The van der Waals surface area contributed by atoms with Gasteiger partial charge in [-0.25, -0.2) is 14.8 Å². The molecule has 1 aliphatic heterocycles. The van der Waals surface area contributed by atoms with Crippen molar-refractivity contribution in [1.29, 1.82) is 0 Å². The highest BCUT2D eigenvalue weighted by Crippen LogP contribution is 2.37. The standard InChI is InChI=1S/C29H27N5O5/c1-4-33-26-22(28(35)32(3)24-6-5-12-30-27(24)33)15-19(16-31-26)11-13-39-25-10-8-20(14-18(25)2)23-9-7-21(29(36)37)17-34(23)38/h5-10,12,14-17H,4,11,13H2,1-3H3,(H,36,37). The number of nitrogens with zero attached hydrogens (tertiary/aromatic N) is 5. The summed E-state index contributed by atoms with van der Waals surface area (Å²) in [6, 6.07) is 13.8. The summed E-state index contributed by atoms with van der Waals surface area (Å²) in [5.74, 6) is 0.628. The lowest BCUT2D eigenvalue weighted by atomic mass is 10.1. The molecule has 0 saturated heterocycles. The van der Waals surface area contributed by atoms with Crippen LogP contribution in [0.5, 0.6) is 5.75 Å². The summed E-state index contributed by atoms with van der Waals surface area (Å²) < 4.78 is 6.57. The molecule has 10 nitrogen and oxygen atoms in total. The van der Waals surface area contributed by atoms with E-state index in [1.807, 2.05) is 43.0 Å². The lowest BCUT2D eigenvalue weighted by molar-refractivity contribution is -0.593. The van der Waals surface area contributed by atoms with Crippen LogP contribution in [-0.4, -0.2) is 47.2 Å². The number of anilines is 3. The van der Waals surface area contributed by atoms with Gasteiger partial charge in [-0.1, -0.05) is 0 Å². The molecule has 1 N–H and O–H groups in total. The van der Waals surface area contributed by atoms with E-state index in [-0.39, 0.29) is 11.5 Å². The maximum absolute atomic E-state index is 13.3. The van der Waals surface area contributed by atoms with Gasteiger partial charge in [-0.3, -0.25) is 4.79 Å². The molecular formula is C29H27N5O5. The van der Waals surface area contributed by atoms with Crippen LogP contribution in [0.25, 0.3) is 11.3 Å². The van der Waals surface area contributed by atoms with E-state index in [9.17, 15) is 14.8 Å². The molecule has 10 heteroatoms. The smallest absolute Gasteiger partial charge is 0.341 e. The number of ether oxygens (including phenoxy) is 1. The van der Waals surface area contributed by atoms with Gasteiger partial charge in [0.1, 0.15) is 17.1 Å². The van der Waals surface area contributed by atoms with Crippen LogP contribution < -0.4 is 19.3 Å². The first-order valence-electron chi connectivity index (χ1n) is 12.5. The van der Waals surface area contributed by atoms with Crippen LogP contribution in [0.4, 0.5) is 17.3 Å². The Kier molecular flexibility index (Phi) is 6.84. The van der Waals surface area contributed by atoms with Crippen LogP contribution in [0.2, 0.25) is 0 Å². The number of benzene rings is 1. The summed E-state index contributed by atoms with van der Waals surface area (Å²) in [7, 11) is 1.74. The van der Waals surface area contributed by atoms with Crippen molar-refractivity contribution in [1.82, 2.24) is 9.97 Å². The predicted molar refractivity (Wildman–Crippen MR) is 146 cm³/mol. The first-order valence-corrected chi connectivity index (χ1v) is 12.5. The van der Waals surface area contributed by atoms with Crippen molar-refractivity contribution in [3.63, 3.8) is 0 Å². The van der Waals surface area contributed by atoms with Gasteiger partial charge in [0.25, 0.3) is 5.91 Å². The highest BCUT2D eigenvalue weighted by molar-refractivity contribution is 6.12. The number of carbonyl (C=O) groups excluding carboxylic acids is 1. The van der Waals surface area contributed by atoms with Gasteiger partial charge < -0.3 is 24.9 Å². The lowest BCUT2D eigenvalue weighted by Gasteiger charge is -2.22.